The number of likely N-dealkylation sites (tertiary alicyclic amines) is 1. The van der Waals surface area contributed by atoms with Crippen LogP contribution in [0.3, 0.4) is 0 Å². The average Bonchev–Trinajstić information content (AvgIpc) is 2.71. The van der Waals surface area contributed by atoms with Crippen LogP contribution >= 0.6 is 24.0 Å². The van der Waals surface area contributed by atoms with Gasteiger partial charge in [-0.05, 0) is 30.5 Å². The van der Waals surface area contributed by atoms with Gasteiger partial charge in [0, 0.05) is 39.8 Å². The second kappa shape index (κ2) is 13.0. The highest BCUT2D eigenvalue weighted by molar-refractivity contribution is 14.0. The summed E-state index contributed by atoms with van der Waals surface area (Å²) in [6.45, 7) is 0.621. The molecule has 0 bridgehead atoms. The Morgan fingerprint density at radius 2 is 1.97 bits per heavy atom. The van der Waals surface area contributed by atoms with Gasteiger partial charge in [-0.3, -0.25) is 14.7 Å². The Balaban J connectivity index is 0.00000512. The van der Waals surface area contributed by atoms with Gasteiger partial charge in [0.05, 0.1) is 13.7 Å². The van der Waals surface area contributed by atoms with Crippen LogP contribution in [0.4, 0.5) is 17.6 Å². The van der Waals surface area contributed by atoms with Crippen LogP contribution < -0.4 is 15.4 Å². The van der Waals surface area contributed by atoms with Crippen LogP contribution in [0.1, 0.15) is 18.4 Å². The number of piperidine rings is 1. The molecule has 0 aromatic heterocycles. The number of guanidine groups is 1. The molecule has 1 amide bonds. The van der Waals surface area contributed by atoms with Crippen molar-refractivity contribution < 1.29 is 27.1 Å². The lowest BCUT2D eigenvalue weighted by Gasteiger charge is -2.33. The monoisotopic (exact) mass is 575 g/mol. The van der Waals surface area contributed by atoms with Crippen LogP contribution in [0.25, 0.3) is 0 Å². The minimum atomic E-state index is -4.43. The predicted molar refractivity (Wildman–Crippen MR) is 125 cm³/mol. The van der Waals surface area contributed by atoms with E-state index in [-0.39, 0.29) is 48.1 Å². The number of nitrogens with one attached hydrogen (secondary N) is 2. The number of ether oxygens (including phenoxy) is 1. The third kappa shape index (κ3) is 9.35. The number of likely N-dealkylation sites (N-methyl/N-ethyl adjacent to an activating group) is 1. The smallest absolute Gasteiger partial charge is 0.406 e. The highest BCUT2D eigenvalue weighted by Crippen LogP contribution is 2.20. The molecule has 0 aliphatic carbocycles. The van der Waals surface area contributed by atoms with E-state index in [1.165, 1.54) is 20.2 Å². The molecule has 0 unspecified atom stereocenters. The first-order valence-electron chi connectivity index (χ1n) is 9.94. The van der Waals surface area contributed by atoms with Gasteiger partial charge < -0.3 is 20.3 Å². The number of carbonyl (C=O) groups is 1. The van der Waals surface area contributed by atoms with E-state index in [0.29, 0.717) is 17.4 Å². The quantitative estimate of drug-likeness (QED) is 0.227. The summed E-state index contributed by atoms with van der Waals surface area (Å²) in [4.78, 5) is 18.7. The van der Waals surface area contributed by atoms with E-state index < -0.39 is 18.6 Å². The van der Waals surface area contributed by atoms with Gasteiger partial charge in [0.2, 0.25) is 5.91 Å². The highest BCUT2D eigenvalue weighted by atomic mass is 127. The summed E-state index contributed by atoms with van der Waals surface area (Å²) < 4.78 is 55.9. The lowest BCUT2D eigenvalue weighted by atomic mass is 10.0. The molecule has 0 spiro atoms. The molecule has 32 heavy (non-hydrogen) atoms. The van der Waals surface area contributed by atoms with E-state index in [2.05, 4.69) is 20.5 Å². The summed E-state index contributed by atoms with van der Waals surface area (Å²) in [5.41, 5.74) is 0.865. The van der Waals surface area contributed by atoms with E-state index in [1.807, 2.05) is 6.07 Å². The van der Waals surface area contributed by atoms with Crippen molar-refractivity contribution in [2.75, 3.05) is 47.4 Å². The molecule has 7 nitrogen and oxygen atoms in total. The van der Waals surface area contributed by atoms with Crippen molar-refractivity contribution in [3.63, 3.8) is 0 Å². The summed E-state index contributed by atoms with van der Waals surface area (Å²) in [6, 6.07) is 5.03. The number of benzene rings is 1. The topological polar surface area (TPSA) is 69.2 Å². The molecule has 1 aromatic rings. The molecule has 1 heterocycles. The largest absolute Gasteiger partial charge is 0.494 e. The Labute approximate surface area is 202 Å². The number of halogens is 5. The van der Waals surface area contributed by atoms with Crippen LogP contribution in [-0.2, 0) is 11.3 Å². The van der Waals surface area contributed by atoms with E-state index in [1.54, 1.807) is 6.07 Å². The summed E-state index contributed by atoms with van der Waals surface area (Å²) >= 11 is 0. The molecule has 1 fully saturated rings. The van der Waals surface area contributed by atoms with Crippen LogP contribution in [0.15, 0.2) is 23.2 Å². The molecule has 2 N–H and O–H groups in total. The Kier molecular flexibility index (Phi) is 11.5. The zero-order valence-corrected chi connectivity index (χ0v) is 20.7. The van der Waals surface area contributed by atoms with Gasteiger partial charge in [-0.2, -0.15) is 13.2 Å². The minimum absolute atomic E-state index is 0. The number of hydrogen-bond donors (Lipinski definition) is 2. The molecule has 0 saturated carbocycles. The number of methoxy groups -OCH3 is 1. The van der Waals surface area contributed by atoms with Crippen molar-refractivity contribution in [1.29, 1.82) is 0 Å². The minimum Gasteiger partial charge on any atom is -0.494 e. The number of rotatable bonds is 7. The number of alkyl halides is 3. The van der Waals surface area contributed by atoms with E-state index in [0.717, 1.165) is 38.5 Å². The molecule has 2 rings (SSSR count). The molecule has 182 valence electrons. The van der Waals surface area contributed by atoms with Crippen LogP contribution in [0, 0.1) is 5.82 Å². The normalized spacial score (nSPS) is 15.7. The molecule has 1 aliphatic rings. The Bertz CT molecular complexity index is 771. The van der Waals surface area contributed by atoms with Crippen molar-refractivity contribution in [2.45, 2.75) is 31.6 Å². The molecule has 1 aromatic carbocycles. The Morgan fingerprint density at radius 3 is 2.50 bits per heavy atom. The fraction of sp³-hybridized carbons (Fsp3) is 0.600. The van der Waals surface area contributed by atoms with Gasteiger partial charge >= 0.3 is 6.18 Å². The lowest BCUT2D eigenvalue weighted by Crippen LogP contribution is -2.50. The third-order valence-corrected chi connectivity index (χ3v) is 5.02. The van der Waals surface area contributed by atoms with E-state index >= 15 is 0 Å². The van der Waals surface area contributed by atoms with Gasteiger partial charge in [0.15, 0.2) is 17.5 Å². The van der Waals surface area contributed by atoms with E-state index in [4.69, 9.17) is 4.74 Å². The maximum atomic E-state index is 13.9. The van der Waals surface area contributed by atoms with Gasteiger partial charge in [-0.25, -0.2) is 4.39 Å². The second-order valence-electron chi connectivity index (χ2n) is 7.45. The van der Waals surface area contributed by atoms with Crippen molar-refractivity contribution >= 4 is 35.8 Å². The van der Waals surface area contributed by atoms with Crippen molar-refractivity contribution in [1.82, 2.24) is 20.4 Å². The molecular formula is C20H30F4IN5O2. The molecule has 0 atom stereocenters. The molecular weight excluding hydrogens is 545 g/mol. The van der Waals surface area contributed by atoms with E-state index in [9.17, 15) is 22.4 Å². The first-order valence-corrected chi connectivity index (χ1v) is 9.94. The highest BCUT2D eigenvalue weighted by Gasteiger charge is 2.31. The maximum absolute atomic E-state index is 13.9. The van der Waals surface area contributed by atoms with Crippen molar-refractivity contribution in [2.24, 2.45) is 4.99 Å². The fourth-order valence-corrected chi connectivity index (χ4v) is 3.34. The summed E-state index contributed by atoms with van der Waals surface area (Å²) in [7, 11) is 4.07. The number of amides is 1. The number of hydrogen-bond acceptors (Lipinski definition) is 4. The standard InChI is InChI=1S/C20H29F4N5O2.HI/c1-25-19(26-11-18(30)28(2)13-20(22,23)24)27-15-6-8-29(9-7-15)12-14-4-5-17(31-3)16(21)10-14;/h4-5,10,15H,6-9,11-13H2,1-3H3,(H2,25,26,27);1H. The predicted octanol–water partition coefficient (Wildman–Crippen LogP) is 2.60. The lowest BCUT2D eigenvalue weighted by molar-refractivity contribution is -0.157. The number of nitrogens with zero attached hydrogens (tertiary/aromatic N) is 3. The zero-order chi connectivity index (χ0) is 23.0. The summed E-state index contributed by atoms with van der Waals surface area (Å²) in [6.07, 6.45) is -2.82. The molecule has 0 radical (unpaired) electrons. The number of aliphatic imine (C=N–C) groups is 1. The second-order valence-corrected chi connectivity index (χ2v) is 7.45. The maximum Gasteiger partial charge on any atom is 0.406 e. The Hall–Kier alpha value is -1.83. The molecule has 12 heteroatoms. The van der Waals surface area contributed by atoms with Crippen LogP contribution in [-0.4, -0.2) is 81.3 Å². The Morgan fingerprint density at radius 1 is 1.31 bits per heavy atom. The fourth-order valence-electron chi connectivity index (χ4n) is 3.34. The van der Waals surface area contributed by atoms with Gasteiger partial charge in [-0.15, -0.1) is 24.0 Å². The first-order chi connectivity index (χ1) is 14.6. The van der Waals surface area contributed by atoms with Gasteiger partial charge in [0.25, 0.3) is 0 Å². The van der Waals surface area contributed by atoms with Gasteiger partial charge in [0.1, 0.15) is 6.54 Å². The molecule has 1 aliphatic heterocycles. The van der Waals surface area contributed by atoms with Gasteiger partial charge in [-0.1, -0.05) is 6.07 Å². The van der Waals surface area contributed by atoms with Crippen molar-refractivity contribution in [3.05, 3.63) is 29.6 Å². The van der Waals surface area contributed by atoms with Crippen LogP contribution in [0.2, 0.25) is 0 Å². The average molecular weight is 575 g/mol. The SMILES string of the molecule is CN=C(NCC(=O)N(C)CC(F)(F)F)NC1CCN(Cc2ccc(OC)c(F)c2)CC1.I. The van der Waals surface area contributed by atoms with Crippen molar-refractivity contribution in [3.8, 4) is 5.75 Å². The molecule has 1 saturated heterocycles. The zero-order valence-electron chi connectivity index (χ0n) is 18.3. The summed E-state index contributed by atoms with van der Waals surface area (Å²) in [5, 5.41) is 5.96. The van der Waals surface area contributed by atoms with Crippen LogP contribution in [0.5, 0.6) is 5.75 Å². The third-order valence-electron chi connectivity index (χ3n) is 5.02. The first kappa shape index (κ1) is 28.2. The number of carbonyl (C=O) groups excluding carboxylic acids is 1. The summed E-state index contributed by atoms with van der Waals surface area (Å²) in [5.74, 6) is -0.485.